The number of thiophene rings is 1. The minimum absolute atomic E-state index is 0.00322. The first-order valence-electron chi connectivity index (χ1n) is 8.52. The van der Waals surface area contributed by atoms with Gasteiger partial charge in [0, 0.05) is 10.4 Å². The van der Waals surface area contributed by atoms with E-state index in [1.807, 2.05) is 13.0 Å². The molecule has 152 valence electrons. The van der Waals surface area contributed by atoms with Gasteiger partial charge in [-0.2, -0.15) is 0 Å². The summed E-state index contributed by atoms with van der Waals surface area (Å²) in [5.74, 6) is -0.447. The van der Waals surface area contributed by atoms with E-state index >= 15 is 0 Å². The van der Waals surface area contributed by atoms with Crippen LogP contribution in [0, 0.1) is 6.92 Å². The third-order valence-electron chi connectivity index (χ3n) is 4.26. The van der Waals surface area contributed by atoms with Crippen LogP contribution < -0.4 is 5.14 Å². The molecule has 2 aromatic carbocycles. The van der Waals surface area contributed by atoms with E-state index in [9.17, 15) is 13.2 Å². The average molecular weight is 470 g/mol. The second kappa shape index (κ2) is 8.45. The highest BCUT2D eigenvalue weighted by molar-refractivity contribution is 7.89. The normalized spacial score (nSPS) is 11.5. The smallest absolute Gasteiger partial charge is 0.348 e. The minimum atomic E-state index is -3.81. The van der Waals surface area contributed by atoms with Gasteiger partial charge in [-0.05, 0) is 54.8 Å². The van der Waals surface area contributed by atoms with E-state index in [1.54, 1.807) is 31.2 Å². The molecule has 0 unspecified atom stereocenters. The molecule has 1 heterocycles. The molecule has 1 aromatic heterocycles. The third-order valence-corrected chi connectivity index (χ3v) is 7.25. The van der Waals surface area contributed by atoms with Gasteiger partial charge in [-0.3, -0.25) is 0 Å². The number of halogens is 2. The molecule has 0 aliphatic rings. The van der Waals surface area contributed by atoms with Gasteiger partial charge in [-0.25, -0.2) is 18.4 Å². The number of ether oxygens (including phenoxy) is 1. The quantitative estimate of drug-likeness (QED) is 0.498. The number of nitrogens with two attached hydrogens (primary N) is 1. The van der Waals surface area contributed by atoms with Crippen molar-refractivity contribution >= 4 is 50.5 Å². The lowest BCUT2D eigenvalue weighted by atomic mass is 9.99. The first-order valence-corrected chi connectivity index (χ1v) is 11.6. The molecule has 0 spiro atoms. The van der Waals surface area contributed by atoms with E-state index in [0.29, 0.717) is 26.0 Å². The molecule has 0 amide bonds. The van der Waals surface area contributed by atoms with Crippen molar-refractivity contribution in [1.29, 1.82) is 0 Å². The predicted octanol–water partition coefficient (Wildman–Crippen LogP) is 5.52. The number of hydrogen-bond donors (Lipinski definition) is 1. The van der Waals surface area contributed by atoms with Crippen LogP contribution in [0.5, 0.6) is 0 Å². The van der Waals surface area contributed by atoms with Crippen molar-refractivity contribution < 1.29 is 17.9 Å². The van der Waals surface area contributed by atoms with Crippen LogP contribution in [0.3, 0.4) is 0 Å². The highest BCUT2D eigenvalue weighted by Crippen LogP contribution is 2.43. The van der Waals surface area contributed by atoms with Crippen molar-refractivity contribution in [2.45, 2.75) is 18.7 Å². The van der Waals surface area contributed by atoms with Gasteiger partial charge in [0.15, 0.2) is 0 Å². The topological polar surface area (TPSA) is 86.5 Å². The minimum Gasteiger partial charge on any atom is -0.462 e. The maximum Gasteiger partial charge on any atom is 0.348 e. The monoisotopic (exact) mass is 469 g/mol. The number of sulfonamides is 1. The SMILES string of the molecule is CCOC(=O)c1sc(-c2ccc(Cl)c(Cl)c2)c(C)c1-c1ccc(S(N)(=O)=O)cc1. The fourth-order valence-electron chi connectivity index (χ4n) is 2.93. The summed E-state index contributed by atoms with van der Waals surface area (Å²) in [6.45, 7) is 3.86. The molecule has 2 N–H and O–H groups in total. The Morgan fingerprint density at radius 1 is 1.07 bits per heavy atom. The van der Waals surface area contributed by atoms with Crippen LogP contribution in [-0.4, -0.2) is 21.0 Å². The fraction of sp³-hybridized carbons (Fsp3) is 0.150. The van der Waals surface area contributed by atoms with Crippen molar-refractivity contribution in [1.82, 2.24) is 0 Å². The Hall–Kier alpha value is -1.90. The van der Waals surface area contributed by atoms with Crippen molar-refractivity contribution in [3.8, 4) is 21.6 Å². The van der Waals surface area contributed by atoms with Crippen LogP contribution in [-0.2, 0) is 14.8 Å². The van der Waals surface area contributed by atoms with Crippen LogP contribution in [0.25, 0.3) is 21.6 Å². The highest BCUT2D eigenvalue weighted by atomic mass is 35.5. The van der Waals surface area contributed by atoms with Crippen molar-refractivity contribution in [2.24, 2.45) is 5.14 Å². The van der Waals surface area contributed by atoms with Gasteiger partial charge in [0.05, 0.1) is 21.5 Å². The first kappa shape index (κ1) is 21.8. The average Bonchev–Trinajstić information content (AvgIpc) is 3.01. The molecule has 3 rings (SSSR count). The fourth-order valence-corrected chi connectivity index (χ4v) is 4.96. The summed E-state index contributed by atoms with van der Waals surface area (Å²) in [5.41, 5.74) is 3.02. The zero-order chi connectivity index (χ0) is 21.3. The first-order chi connectivity index (χ1) is 13.6. The summed E-state index contributed by atoms with van der Waals surface area (Å²) in [5, 5.41) is 6.03. The molecule has 29 heavy (non-hydrogen) atoms. The van der Waals surface area contributed by atoms with E-state index in [2.05, 4.69) is 0 Å². The van der Waals surface area contributed by atoms with E-state index in [0.717, 1.165) is 16.0 Å². The van der Waals surface area contributed by atoms with Crippen molar-refractivity contribution in [2.75, 3.05) is 6.61 Å². The van der Waals surface area contributed by atoms with Crippen LogP contribution >= 0.6 is 34.5 Å². The largest absolute Gasteiger partial charge is 0.462 e. The lowest BCUT2D eigenvalue weighted by Crippen LogP contribution is -2.11. The second-order valence-corrected chi connectivity index (χ2v) is 9.58. The third kappa shape index (κ3) is 4.49. The molecule has 0 saturated carbocycles. The lowest BCUT2D eigenvalue weighted by molar-refractivity contribution is 0.0533. The predicted molar refractivity (Wildman–Crippen MR) is 117 cm³/mol. The van der Waals surface area contributed by atoms with Gasteiger partial charge in [0.2, 0.25) is 10.0 Å². The van der Waals surface area contributed by atoms with E-state index < -0.39 is 16.0 Å². The Labute approximate surface area is 183 Å². The number of primary sulfonamides is 1. The number of benzene rings is 2. The van der Waals surface area contributed by atoms with Crippen molar-refractivity contribution in [3.05, 3.63) is 63.0 Å². The van der Waals surface area contributed by atoms with Gasteiger partial charge in [-0.15, -0.1) is 11.3 Å². The molecule has 0 saturated heterocycles. The summed E-state index contributed by atoms with van der Waals surface area (Å²) in [6, 6.07) is 11.3. The Bertz CT molecular complexity index is 1190. The molecule has 0 radical (unpaired) electrons. The Balaban J connectivity index is 2.20. The number of carbonyl (C=O) groups excluding carboxylic acids is 1. The van der Waals surface area contributed by atoms with E-state index in [1.165, 1.54) is 23.5 Å². The van der Waals surface area contributed by atoms with Crippen molar-refractivity contribution in [3.63, 3.8) is 0 Å². The summed E-state index contributed by atoms with van der Waals surface area (Å²) >= 11 is 13.5. The second-order valence-electron chi connectivity index (χ2n) is 6.18. The van der Waals surface area contributed by atoms with Crippen LogP contribution in [0.15, 0.2) is 47.4 Å². The van der Waals surface area contributed by atoms with Gasteiger partial charge in [0.25, 0.3) is 0 Å². The molecule has 3 aromatic rings. The summed E-state index contributed by atoms with van der Waals surface area (Å²) < 4.78 is 28.3. The molecule has 0 atom stereocenters. The highest BCUT2D eigenvalue weighted by Gasteiger charge is 2.24. The molecule has 9 heteroatoms. The summed E-state index contributed by atoms with van der Waals surface area (Å²) in [6.07, 6.45) is 0. The summed E-state index contributed by atoms with van der Waals surface area (Å²) in [7, 11) is -3.81. The molecular weight excluding hydrogens is 453 g/mol. The Kier molecular flexibility index (Phi) is 6.36. The Morgan fingerprint density at radius 2 is 1.69 bits per heavy atom. The molecule has 5 nitrogen and oxygen atoms in total. The van der Waals surface area contributed by atoms with Gasteiger partial charge in [-0.1, -0.05) is 41.4 Å². The molecule has 0 fully saturated rings. The number of hydrogen-bond acceptors (Lipinski definition) is 5. The number of esters is 1. The van der Waals surface area contributed by atoms with Gasteiger partial charge < -0.3 is 4.74 Å². The summed E-state index contributed by atoms with van der Waals surface area (Å²) in [4.78, 5) is 13.9. The molecule has 0 bridgehead atoms. The number of carbonyl (C=O) groups is 1. The molecule has 0 aliphatic heterocycles. The maximum atomic E-state index is 12.6. The van der Waals surface area contributed by atoms with Crippen LogP contribution in [0.4, 0.5) is 0 Å². The van der Waals surface area contributed by atoms with E-state index in [-0.39, 0.29) is 11.5 Å². The maximum absolute atomic E-state index is 12.6. The van der Waals surface area contributed by atoms with Crippen LogP contribution in [0.2, 0.25) is 10.0 Å². The van der Waals surface area contributed by atoms with Gasteiger partial charge >= 0.3 is 5.97 Å². The van der Waals surface area contributed by atoms with Crippen LogP contribution in [0.1, 0.15) is 22.2 Å². The molecular formula is C20H17Cl2NO4S2. The zero-order valence-electron chi connectivity index (χ0n) is 15.5. The van der Waals surface area contributed by atoms with E-state index in [4.69, 9.17) is 33.1 Å². The standard InChI is InChI=1S/C20H17Cl2NO4S2/c1-3-27-20(24)19-17(12-4-7-14(8-5-12)29(23,25)26)11(2)18(28-19)13-6-9-15(21)16(22)10-13/h4-10H,3H2,1-2H3,(H2,23,25,26). The molecule has 0 aliphatic carbocycles. The Morgan fingerprint density at radius 3 is 2.24 bits per heavy atom. The van der Waals surface area contributed by atoms with Gasteiger partial charge in [0.1, 0.15) is 4.88 Å². The lowest BCUT2D eigenvalue weighted by Gasteiger charge is -2.07. The number of rotatable bonds is 5. The zero-order valence-corrected chi connectivity index (χ0v) is 18.7.